The maximum atomic E-state index is 14.0. The van der Waals surface area contributed by atoms with Crippen LogP contribution in [0, 0.1) is 0 Å². The Morgan fingerprint density at radius 2 is 2.23 bits per heavy atom. The van der Waals surface area contributed by atoms with Crippen molar-refractivity contribution in [1.82, 2.24) is 9.55 Å². The van der Waals surface area contributed by atoms with Crippen molar-refractivity contribution in [1.29, 1.82) is 0 Å². The molecule has 2 aromatic rings. The van der Waals surface area contributed by atoms with Gasteiger partial charge in [-0.1, -0.05) is 12.6 Å². The van der Waals surface area contributed by atoms with Gasteiger partial charge in [-0.15, -0.1) is 0 Å². The highest BCUT2D eigenvalue weighted by atomic mass is 19.1. The number of aromatic nitrogens is 2. The molecule has 5 nitrogen and oxygen atoms in total. The van der Waals surface area contributed by atoms with E-state index in [4.69, 9.17) is 5.73 Å². The Bertz CT molecular complexity index is 821. The molecule has 0 saturated carbocycles. The summed E-state index contributed by atoms with van der Waals surface area (Å²) in [5.41, 5.74) is 5.71. The first-order chi connectivity index (χ1) is 10.5. The molecule has 0 saturated heterocycles. The third-order valence-electron chi connectivity index (χ3n) is 2.82. The molecule has 0 unspecified atom stereocenters. The van der Waals surface area contributed by atoms with Gasteiger partial charge in [-0.25, -0.2) is 14.4 Å². The average molecular weight is 298 g/mol. The third kappa shape index (κ3) is 3.35. The van der Waals surface area contributed by atoms with E-state index in [1.165, 1.54) is 22.9 Å². The summed E-state index contributed by atoms with van der Waals surface area (Å²) in [6.45, 7) is 5.01. The number of aliphatic imine (C=N–C) groups is 1. The summed E-state index contributed by atoms with van der Waals surface area (Å²) >= 11 is 0. The third-order valence-corrected chi connectivity index (χ3v) is 2.82. The van der Waals surface area contributed by atoms with E-state index < -0.39 is 5.83 Å². The zero-order chi connectivity index (χ0) is 16.1. The predicted molar refractivity (Wildman–Crippen MR) is 84.6 cm³/mol. The number of nitrogens with zero attached hydrogens (tertiary/aromatic N) is 3. The molecular weight excluding hydrogens is 283 g/mol. The highest BCUT2D eigenvalue weighted by Crippen LogP contribution is 2.14. The highest BCUT2D eigenvalue weighted by molar-refractivity contribution is 6.11. The molecule has 0 radical (unpaired) electrons. The van der Waals surface area contributed by atoms with Crippen LogP contribution in [-0.4, -0.2) is 15.3 Å². The van der Waals surface area contributed by atoms with Crippen LogP contribution in [0.15, 0.2) is 76.8 Å². The Labute approximate surface area is 127 Å². The van der Waals surface area contributed by atoms with Gasteiger partial charge in [0.05, 0.1) is 0 Å². The van der Waals surface area contributed by atoms with Gasteiger partial charge in [-0.2, -0.15) is 0 Å². The number of allylic oxidation sites excluding steroid dienone is 2. The van der Waals surface area contributed by atoms with Gasteiger partial charge in [0.25, 0.3) is 5.56 Å². The van der Waals surface area contributed by atoms with E-state index in [1.807, 2.05) is 0 Å². The average Bonchev–Trinajstić information content (AvgIpc) is 2.52. The molecule has 22 heavy (non-hydrogen) atoms. The van der Waals surface area contributed by atoms with Crippen molar-refractivity contribution in [3.8, 4) is 5.82 Å². The summed E-state index contributed by atoms with van der Waals surface area (Å²) in [6.07, 6.45) is 4.33. The van der Waals surface area contributed by atoms with E-state index >= 15 is 0 Å². The topological polar surface area (TPSA) is 73.3 Å². The van der Waals surface area contributed by atoms with Crippen LogP contribution in [0.1, 0.15) is 12.5 Å². The second kappa shape index (κ2) is 6.62. The zero-order valence-corrected chi connectivity index (χ0v) is 12.0. The van der Waals surface area contributed by atoms with Crippen molar-refractivity contribution in [3.63, 3.8) is 0 Å². The highest BCUT2D eigenvalue weighted by Gasteiger charge is 2.11. The van der Waals surface area contributed by atoms with Gasteiger partial charge in [-0.05, 0) is 31.2 Å². The molecule has 6 heteroatoms. The van der Waals surface area contributed by atoms with Crippen molar-refractivity contribution < 1.29 is 4.39 Å². The van der Waals surface area contributed by atoms with Crippen LogP contribution in [0.3, 0.4) is 0 Å². The molecule has 0 atom stereocenters. The number of hydrogen-bond donors (Lipinski definition) is 1. The molecule has 0 fully saturated rings. The molecule has 2 aromatic heterocycles. The maximum Gasteiger partial charge on any atom is 0.256 e. The van der Waals surface area contributed by atoms with Crippen molar-refractivity contribution in [2.24, 2.45) is 10.7 Å². The first-order valence-corrected chi connectivity index (χ1v) is 6.52. The largest absolute Gasteiger partial charge is 0.384 e. The molecule has 0 aliphatic rings. The number of rotatable bonds is 4. The normalized spacial score (nSPS) is 12.3. The summed E-state index contributed by atoms with van der Waals surface area (Å²) in [5.74, 6) is -0.186. The van der Waals surface area contributed by atoms with Gasteiger partial charge >= 0.3 is 0 Å². The van der Waals surface area contributed by atoms with Crippen LogP contribution < -0.4 is 11.3 Å². The van der Waals surface area contributed by atoms with Gasteiger partial charge in [0.1, 0.15) is 23.2 Å². The number of nitrogens with two attached hydrogens (primary N) is 1. The van der Waals surface area contributed by atoms with Crippen LogP contribution in [0.5, 0.6) is 0 Å². The van der Waals surface area contributed by atoms with Gasteiger partial charge in [0, 0.05) is 24.0 Å². The van der Waals surface area contributed by atoms with Gasteiger partial charge in [0.15, 0.2) is 0 Å². The monoisotopic (exact) mass is 298 g/mol. The van der Waals surface area contributed by atoms with Gasteiger partial charge in [-0.3, -0.25) is 9.36 Å². The Hall–Kier alpha value is -3.02. The van der Waals surface area contributed by atoms with E-state index in [2.05, 4.69) is 16.6 Å². The van der Waals surface area contributed by atoms with Crippen LogP contribution in [0.2, 0.25) is 0 Å². The van der Waals surface area contributed by atoms with E-state index in [1.54, 1.807) is 37.4 Å². The molecule has 0 aliphatic carbocycles. The van der Waals surface area contributed by atoms with Crippen molar-refractivity contribution >= 4 is 5.71 Å². The molecule has 112 valence electrons. The summed E-state index contributed by atoms with van der Waals surface area (Å²) in [4.78, 5) is 19.9. The molecule has 0 aromatic carbocycles. The Morgan fingerprint density at radius 3 is 2.86 bits per heavy atom. The number of hydrogen-bond acceptors (Lipinski definition) is 4. The zero-order valence-electron chi connectivity index (χ0n) is 12.0. The standard InChI is InChI=1S/C16H15FN4O/c1-3-13(17)16(20-11(2)18)12-7-8-19-14(10-12)21-9-5-4-6-15(21)22/h3-10H,2,18H2,1H3/b13-3+,20-16-. The molecule has 0 bridgehead atoms. The minimum absolute atomic E-state index is 0.0118. The van der Waals surface area contributed by atoms with Crippen molar-refractivity contribution in [2.75, 3.05) is 0 Å². The fourth-order valence-corrected chi connectivity index (χ4v) is 1.85. The minimum atomic E-state index is -0.538. The molecule has 2 rings (SSSR count). The van der Waals surface area contributed by atoms with E-state index in [0.29, 0.717) is 11.4 Å². The first-order valence-electron chi connectivity index (χ1n) is 6.52. The quantitative estimate of drug-likeness (QED) is 0.880. The lowest BCUT2D eigenvalue weighted by Crippen LogP contribution is -2.17. The van der Waals surface area contributed by atoms with E-state index in [-0.39, 0.29) is 17.1 Å². The number of halogens is 1. The SMILES string of the molecule is C=C(N)/N=C(\C(F)=C/C)c1ccnc(-n2ccccc2=O)c1. The van der Waals surface area contributed by atoms with Crippen LogP contribution in [0.25, 0.3) is 5.82 Å². The summed E-state index contributed by atoms with van der Waals surface area (Å²) in [6, 6.07) is 7.90. The lowest BCUT2D eigenvalue weighted by Gasteiger charge is -2.08. The second-order valence-electron chi connectivity index (χ2n) is 4.40. The minimum Gasteiger partial charge on any atom is -0.384 e. The second-order valence-corrected chi connectivity index (χ2v) is 4.40. The molecule has 2 N–H and O–H groups in total. The van der Waals surface area contributed by atoms with Crippen molar-refractivity contribution in [2.45, 2.75) is 6.92 Å². The predicted octanol–water partition coefficient (Wildman–Crippen LogP) is 2.32. The Kier molecular flexibility index (Phi) is 4.63. The molecular formula is C16H15FN4O. The fourth-order valence-electron chi connectivity index (χ4n) is 1.85. The van der Waals surface area contributed by atoms with Gasteiger partial charge < -0.3 is 5.73 Å². The smallest absolute Gasteiger partial charge is 0.256 e. The summed E-state index contributed by atoms with van der Waals surface area (Å²) in [5, 5.41) is 0. The van der Waals surface area contributed by atoms with Crippen LogP contribution >= 0.6 is 0 Å². The molecule has 0 spiro atoms. The lowest BCUT2D eigenvalue weighted by molar-refractivity contribution is 0.679. The number of pyridine rings is 2. The van der Waals surface area contributed by atoms with Crippen molar-refractivity contribution in [3.05, 3.63) is 82.9 Å². The lowest BCUT2D eigenvalue weighted by atomic mass is 10.1. The Balaban J connectivity index is 2.59. The van der Waals surface area contributed by atoms with Crippen LogP contribution in [-0.2, 0) is 0 Å². The molecule has 0 amide bonds. The Morgan fingerprint density at radius 1 is 1.45 bits per heavy atom. The first kappa shape index (κ1) is 15.4. The fraction of sp³-hybridized carbons (Fsp3) is 0.0625. The maximum absolute atomic E-state index is 14.0. The van der Waals surface area contributed by atoms with E-state index in [9.17, 15) is 9.18 Å². The molecule has 0 aliphatic heterocycles. The summed E-state index contributed by atoms with van der Waals surface area (Å²) < 4.78 is 15.4. The van der Waals surface area contributed by atoms with E-state index in [0.717, 1.165) is 0 Å². The van der Waals surface area contributed by atoms with Gasteiger partial charge in [0.2, 0.25) is 0 Å². The molecule has 2 heterocycles. The van der Waals surface area contributed by atoms with Crippen LogP contribution in [0.4, 0.5) is 4.39 Å². The summed E-state index contributed by atoms with van der Waals surface area (Å²) in [7, 11) is 0.